The first-order valence-corrected chi connectivity index (χ1v) is 10.1. The predicted molar refractivity (Wildman–Crippen MR) is 108 cm³/mol. The number of benzene rings is 1. The molecular weight excluding hydrogens is 384 g/mol. The van der Waals surface area contributed by atoms with Gasteiger partial charge in [0.15, 0.2) is 11.5 Å². The average Bonchev–Trinajstić information content (AvgIpc) is 3.34. The number of nitrogens with one attached hydrogen (secondary N) is 1. The van der Waals surface area contributed by atoms with Crippen LogP contribution in [0.3, 0.4) is 0 Å². The molecule has 9 nitrogen and oxygen atoms in total. The van der Waals surface area contributed by atoms with E-state index < -0.39 is 0 Å². The first-order chi connectivity index (χ1) is 14.7. The highest BCUT2D eigenvalue weighted by Gasteiger charge is 2.24. The largest absolute Gasteiger partial charge is 0.361 e. The Kier molecular flexibility index (Phi) is 5.87. The van der Waals surface area contributed by atoms with Crippen molar-refractivity contribution < 1.29 is 14.1 Å². The zero-order chi connectivity index (χ0) is 20.9. The normalized spacial score (nSPS) is 13.6. The van der Waals surface area contributed by atoms with E-state index in [-0.39, 0.29) is 18.4 Å². The molecule has 0 fully saturated rings. The van der Waals surface area contributed by atoms with Gasteiger partial charge in [-0.3, -0.25) is 9.59 Å². The molecule has 0 atom stereocenters. The summed E-state index contributed by atoms with van der Waals surface area (Å²) in [5, 5.41) is 15.3. The summed E-state index contributed by atoms with van der Waals surface area (Å²) in [5.74, 6) is 1.91. The summed E-state index contributed by atoms with van der Waals surface area (Å²) in [6.45, 7) is 3.93. The summed E-state index contributed by atoms with van der Waals surface area (Å²) in [6, 6.07) is 10.8. The Morgan fingerprint density at radius 3 is 2.77 bits per heavy atom. The van der Waals surface area contributed by atoms with Crippen LogP contribution in [0.4, 0.5) is 0 Å². The maximum Gasteiger partial charge on any atom is 0.276 e. The lowest BCUT2D eigenvalue weighted by molar-refractivity contribution is 0.0748. The van der Waals surface area contributed by atoms with E-state index in [1.54, 1.807) is 23.1 Å². The van der Waals surface area contributed by atoms with Crippen LogP contribution in [0.2, 0.25) is 0 Å². The van der Waals surface area contributed by atoms with E-state index in [2.05, 4.69) is 20.7 Å². The van der Waals surface area contributed by atoms with Gasteiger partial charge in [-0.15, -0.1) is 10.2 Å². The molecule has 1 aliphatic heterocycles. The molecule has 156 valence electrons. The standard InChI is InChI=1S/C21H24N6O3/c1-2-6-16-13-17(25-30-16)21(29)26-10-9-18-23-24-19(27(18)12-11-26)14-22-20(28)15-7-4-3-5-8-15/h3-5,7-8,13H,2,6,9-12,14H2,1H3,(H,22,28). The summed E-state index contributed by atoms with van der Waals surface area (Å²) < 4.78 is 7.22. The highest BCUT2D eigenvalue weighted by Crippen LogP contribution is 2.14. The molecule has 3 heterocycles. The van der Waals surface area contributed by atoms with Crippen molar-refractivity contribution in [2.24, 2.45) is 0 Å². The monoisotopic (exact) mass is 408 g/mol. The third-order valence-corrected chi connectivity index (χ3v) is 5.11. The Labute approximate surface area is 174 Å². The van der Waals surface area contributed by atoms with Gasteiger partial charge in [0.25, 0.3) is 11.8 Å². The fourth-order valence-corrected chi connectivity index (χ4v) is 3.51. The quantitative estimate of drug-likeness (QED) is 0.667. The first kappa shape index (κ1) is 19.8. The Balaban J connectivity index is 1.39. The minimum Gasteiger partial charge on any atom is -0.361 e. The molecule has 1 aromatic carbocycles. The third-order valence-electron chi connectivity index (χ3n) is 5.11. The highest BCUT2D eigenvalue weighted by atomic mass is 16.5. The number of hydrogen-bond acceptors (Lipinski definition) is 6. The molecule has 30 heavy (non-hydrogen) atoms. The molecule has 0 radical (unpaired) electrons. The second kappa shape index (κ2) is 8.89. The number of rotatable bonds is 6. The van der Waals surface area contributed by atoms with Crippen LogP contribution in [-0.4, -0.2) is 49.7 Å². The van der Waals surface area contributed by atoms with Crippen LogP contribution in [0, 0.1) is 0 Å². The minimum atomic E-state index is -0.160. The molecule has 0 aliphatic carbocycles. The molecule has 4 rings (SSSR count). The lowest BCUT2D eigenvalue weighted by Crippen LogP contribution is -2.34. The van der Waals surface area contributed by atoms with Gasteiger partial charge in [0.05, 0.1) is 6.54 Å². The molecule has 1 aliphatic rings. The first-order valence-electron chi connectivity index (χ1n) is 10.1. The minimum absolute atomic E-state index is 0.140. The topological polar surface area (TPSA) is 106 Å². The fraction of sp³-hybridized carbons (Fsp3) is 0.381. The van der Waals surface area contributed by atoms with Gasteiger partial charge in [-0.1, -0.05) is 30.3 Å². The Hall–Kier alpha value is -3.49. The van der Waals surface area contributed by atoms with E-state index in [4.69, 9.17) is 4.52 Å². The molecule has 0 saturated carbocycles. The summed E-state index contributed by atoms with van der Waals surface area (Å²) in [5.41, 5.74) is 0.936. The van der Waals surface area contributed by atoms with Crippen molar-refractivity contribution in [3.05, 3.63) is 65.1 Å². The van der Waals surface area contributed by atoms with Gasteiger partial charge < -0.3 is 19.3 Å². The number of amides is 2. The van der Waals surface area contributed by atoms with E-state index in [0.29, 0.717) is 43.1 Å². The van der Waals surface area contributed by atoms with Gasteiger partial charge >= 0.3 is 0 Å². The molecule has 0 unspecified atom stereocenters. The van der Waals surface area contributed by atoms with Crippen LogP contribution in [0.15, 0.2) is 40.9 Å². The number of nitrogens with zero attached hydrogens (tertiary/aromatic N) is 5. The average molecular weight is 408 g/mol. The maximum atomic E-state index is 12.8. The van der Waals surface area contributed by atoms with Crippen molar-refractivity contribution in [3.8, 4) is 0 Å². The van der Waals surface area contributed by atoms with Crippen molar-refractivity contribution >= 4 is 11.8 Å². The van der Waals surface area contributed by atoms with Crippen molar-refractivity contribution in [1.29, 1.82) is 0 Å². The van der Waals surface area contributed by atoms with E-state index in [1.165, 1.54) is 0 Å². The van der Waals surface area contributed by atoms with Crippen molar-refractivity contribution in [3.63, 3.8) is 0 Å². The van der Waals surface area contributed by atoms with E-state index in [1.807, 2.05) is 29.7 Å². The lowest BCUT2D eigenvalue weighted by Gasteiger charge is -2.18. The summed E-state index contributed by atoms with van der Waals surface area (Å²) in [4.78, 5) is 26.8. The van der Waals surface area contributed by atoms with Crippen molar-refractivity contribution in [1.82, 2.24) is 30.1 Å². The predicted octanol–water partition coefficient (Wildman–Crippen LogP) is 1.85. The molecular formula is C21H24N6O3. The van der Waals surface area contributed by atoms with Crippen LogP contribution in [0.25, 0.3) is 0 Å². The number of fused-ring (bicyclic) bond motifs is 1. The molecule has 3 aromatic rings. The SMILES string of the molecule is CCCc1cc(C(=O)N2CCc3nnc(CNC(=O)c4ccccc4)n3CC2)no1. The van der Waals surface area contributed by atoms with Gasteiger partial charge in [0, 0.05) is 44.1 Å². The van der Waals surface area contributed by atoms with Gasteiger partial charge in [0.1, 0.15) is 11.6 Å². The van der Waals surface area contributed by atoms with Crippen LogP contribution in [-0.2, 0) is 25.9 Å². The van der Waals surface area contributed by atoms with Crippen molar-refractivity contribution in [2.75, 3.05) is 13.1 Å². The third kappa shape index (κ3) is 4.24. The number of hydrogen-bond donors (Lipinski definition) is 1. The smallest absolute Gasteiger partial charge is 0.276 e. The molecule has 0 saturated heterocycles. The maximum absolute atomic E-state index is 12.8. The summed E-state index contributed by atoms with van der Waals surface area (Å²) >= 11 is 0. The number of aromatic nitrogens is 4. The van der Waals surface area contributed by atoms with E-state index in [0.717, 1.165) is 24.4 Å². The lowest BCUT2D eigenvalue weighted by atomic mass is 10.2. The zero-order valence-corrected chi connectivity index (χ0v) is 16.9. The Bertz CT molecular complexity index is 1030. The van der Waals surface area contributed by atoms with E-state index >= 15 is 0 Å². The summed E-state index contributed by atoms with van der Waals surface area (Å²) in [7, 11) is 0. The summed E-state index contributed by atoms with van der Waals surface area (Å²) in [6.07, 6.45) is 2.29. The van der Waals surface area contributed by atoms with Crippen molar-refractivity contribution in [2.45, 2.75) is 39.3 Å². The molecule has 2 amide bonds. The highest BCUT2D eigenvalue weighted by molar-refractivity contribution is 5.94. The number of carbonyl (C=O) groups excluding carboxylic acids is 2. The number of carbonyl (C=O) groups is 2. The zero-order valence-electron chi connectivity index (χ0n) is 16.9. The van der Waals surface area contributed by atoms with Crippen LogP contribution in [0.5, 0.6) is 0 Å². The molecule has 1 N–H and O–H groups in total. The van der Waals surface area contributed by atoms with Crippen LogP contribution < -0.4 is 5.32 Å². The van der Waals surface area contributed by atoms with E-state index in [9.17, 15) is 9.59 Å². The molecule has 0 spiro atoms. The fourth-order valence-electron chi connectivity index (χ4n) is 3.51. The van der Waals surface area contributed by atoms with Gasteiger partial charge in [-0.2, -0.15) is 0 Å². The second-order valence-corrected chi connectivity index (χ2v) is 7.20. The molecule has 0 bridgehead atoms. The Morgan fingerprint density at radius 2 is 1.97 bits per heavy atom. The molecule has 2 aromatic heterocycles. The molecule has 9 heteroatoms. The van der Waals surface area contributed by atoms with Gasteiger partial charge in [-0.25, -0.2) is 0 Å². The van der Waals surface area contributed by atoms with Crippen LogP contribution in [0.1, 0.15) is 51.6 Å². The van der Waals surface area contributed by atoms with Gasteiger partial charge in [0.2, 0.25) is 0 Å². The van der Waals surface area contributed by atoms with Crippen LogP contribution >= 0.6 is 0 Å². The second-order valence-electron chi connectivity index (χ2n) is 7.20. The Morgan fingerprint density at radius 1 is 1.13 bits per heavy atom. The van der Waals surface area contributed by atoms with Gasteiger partial charge in [-0.05, 0) is 18.6 Å². The number of aryl methyl sites for hydroxylation is 1.